The predicted molar refractivity (Wildman–Crippen MR) is 140 cm³/mol. The fraction of sp³-hybridized carbons (Fsp3) is 0.714. The number of alkyl carbamates (subject to hydrolysis) is 1. The molecule has 0 radical (unpaired) electrons. The van der Waals surface area contributed by atoms with Crippen molar-refractivity contribution in [1.82, 2.24) is 20.4 Å². The SMILES string of the molecule is COC(=O)NC(C)(C)/C=C/n1ncc(C(=O)NC2C3CC4CC2CC(CC(C)=O)(C4)C3)c1OCC(C)C. The van der Waals surface area contributed by atoms with Gasteiger partial charge >= 0.3 is 6.09 Å². The van der Waals surface area contributed by atoms with E-state index in [-0.39, 0.29) is 29.1 Å². The van der Waals surface area contributed by atoms with Crippen LogP contribution in [-0.2, 0) is 9.53 Å². The molecule has 0 aliphatic heterocycles. The quantitative estimate of drug-likeness (QED) is 0.478. The summed E-state index contributed by atoms with van der Waals surface area (Å²) in [7, 11) is 1.32. The number of hydrogen-bond donors (Lipinski definition) is 2. The normalized spacial score (nSPS) is 28.5. The molecule has 4 bridgehead atoms. The zero-order valence-corrected chi connectivity index (χ0v) is 23.0. The maximum absolute atomic E-state index is 13.6. The van der Waals surface area contributed by atoms with E-state index in [2.05, 4.69) is 15.7 Å². The summed E-state index contributed by atoms with van der Waals surface area (Å²) in [6.07, 6.45) is 10.6. The fourth-order valence-electron chi connectivity index (χ4n) is 7.02. The molecule has 5 rings (SSSR count). The number of amides is 2. The van der Waals surface area contributed by atoms with Crippen molar-refractivity contribution in [3.05, 3.63) is 17.8 Å². The highest BCUT2D eigenvalue weighted by Gasteiger charge is 2.55. The van der Waals surface area contributed by atoms with Crippen molar-refractivity contribution in [3.8, 4) is 5.88 Å². The van der Waals surface area contributed by atoms with Crippen LogP contribution >= 0.6 is 0 Å². The summed E-state index contributed by atoms with van der Waals surface area (Å²) in [4.78, 5) is 37.2. The van der Waals surface area contributed by atoms with Crippen molar-refractivity contribution in [1.29, 1.82) is 0 Å². The number of carbonyl (C=O) groups excluding carboxylic acids is 3. The Labute approximate surface area is 219 Å². The van der Waals surface area contributed by atoms with E-state index >= 15 is 0 Å². The average Bonchev–Trinajstić information content (AvgIpc) is 3.20. The van der Waals surface area contributed by atoms with E-state index in [4.69, 9.17) is 9.47 Å². The second-order valence-electron chi connectivity index (χ2n) is 12.5. The number of aromatic nitrogens is 2. The van der Waals surface area contributed by atoms with Crippen LogP contribution in [0.5, 0.6) is 5.88 Å². The summed E-state index contributed by atoms with van der Waals surface area (Å²) in [6.45, 7) is 9.90. The highest BCUT2D eigenvalue weighted by molar-refractivity contribution is 5.96. The Hall–Kier alpha value is -2.84. The molecule has 2 amide bonds. The lowest BCUT2D eigenvalue weighted by Gasteiger charge is -2.60. The van der Waals surface area contributed by atoms with Gasteiger partial charge in [-0.25, -0.2) is 9.48 Å². The van der Waals surface area contributed by atoms with Crippen LogP contribution in [0.4, 0.5) is 4.79 Å². The monoisotopic (exact) mass is 514 g/mol. The molecule has 1 aromatic heterocycles. The predicted octanol–water partition coefficient (Wildman–Crippen LogP) is 4.43. The van der Waals surface area contributed by atoms with Gasteiger partial charge in [0, 0.05) is 18.7 Å². The Morgan fingerprint density at radius 2 is 1.89 bits per heavy atom. The minimum atomic E-state index is -0.701. The summed E-state index contributed by atoms with van der Waals surface area (Å²) >= 11 is 0. The molecule has 1 heterocycles. The summed E-state index contributed by atoms with van der Waals surface area (Å²) < 4.78 is 12.3. The molecule has 0 saturated heterocycles. The minimum Gasteiger partial charge on any atom is -0.477 e. The Morgan fingerprint density at radius 1 is 1.22 bits per heavy atom. The van der Waals surface area contributed by atoms with Crippen molar-refractivity contribution in [2.24, 2.45) is 29.1 Å². The smallest absolute Gasteiger partial charge is 0.407 e. The van der Waals surface area contributed by atoms with Crippen LogP contribution < -0.4 is 15.4 Å². The average molecular weight is 515 g/mol. The van der Waals surface area contributed by atoms with E-state index in [1.807, 2.05) is 27.7 Å². The number of methoxy groups -OCH3 is 1. The van der Waals surface area contributed by atoms with Crippen LogP contribution in [-0.4, -0.2) is 52.9 Å². The third kappa shape index (κ3) is 6.18. The Bertz CT molecular complexity index is 1040. The van der Waals surface area contributed by atoms with Crippen molar-refractivity contribution in [2.45, 2.75) is 84.7 Å². The first-order valence-electron chi connectivity index (χ1n) is 13.5. The molecule has 204 valence electrons. The van der Waals surface area contributed by atoms with Gasteiger partial charge in [-0.3, -0.25) is 4.79 Å². The van der Waals surface area contributed by atoms with Crippen molar-refractivity contribution in [3.63, 3.8) is 0 Å². The highest BCUT2D eigenvalue weighted by Crippen LogP contribution is 2.61. The number of carbonyl (C=O) groups is 3. The van der Waals surface area contributed by atoms with Gasteiger partial charge in [0.25, 0.3) is 5.91 Å². The van der Waals surface area contributed by atoms with E-state index < -0.39 is 11.6 Å². The van der Waals surface area contributed by atoms with E-state index in [9.17, 15) is 14.4 Å². The summed E-state index contributed by atoms with van der Waals surface area (Å²) in [5.41, 5.74) is -0.167. The Balaban J connectivity index is 1.51. The molecule has 0 aromatic carbocycles. The molecule has 2 N–H and O–H groups in total. The first-order valence-corrected chi connectivity index (χ1v) is 13.5. The molecule has 4 fully saturated rings. The van der Waals surface area contributed by atoms with Crippen molar-refractivity contribution < 1.29 is 23.9 Å². The maximum atomic E-state index is 13.6. The second-order valence-corrected chi connectivity index (χ2v) is 12.5. The van der Waals surface area contributed by atoms with E-state index in [0.717, 1.165) is 32.1 Å². The lowest BCUT2D eigenvalue weighted by Crippen LogP contribution is -2.59. The van der Waals surface area contributed by atoms with E-state index in [0.29, 0.717) is 42.2 Å². The number of rotatable bonds is 10. The van der Waals surface area contributed by atoms with Crippen LogP contribution in [0.1, 0.15) is 83.5 Å². The third-order valence-electron chi connectivity index (χ3n) is 8.11. The molecule has 0 spiro atoms. The Morgan fingerprint density at radius 3 is 2.49 bits per heavy atom. The van der Waals surface area contributed by atoms with Crippen molar-refractivity contribution >= 4 is 24.0 Å². The molecular weight excluding hydrogens is 472 g/mol. The number of ether oxygens (including phenoxy) is 2. The molecule has 2 unspecified atom stereocenters. The van der Waals surface area contributed by atoms with Crippen molar-refractivity contribution in [2.75, 3.05) is 13.7 Å². The van der Waals surface area contributed by atoms with Crippen LogP contribution in [0.3, 0.4) is 0 Å². The lowest BCUT2D eigenvalue weighted by molar-refractivity contribution is -0.127. The largest absolute Gasteiger partial charge is 0.477 e. The van der Waals surface area contributed by atoms with Gasteiger partial charge in [-0.05, 0) is 88.0 Å². The zero-order valence-electron chi connectivity index (χ0n) is 23.0. The van der Waals surface area contributed by atoms with Gasteiger partial charge in [0.05, 0.1) is 25.5 Å². The maximum Gasteiger partial charge on any atom is 0.407 e. The van der Waals surface area contributed by atoms with E-state index in [1.165, 1.54) is 11.8 Å². The first-order chi connectivity index (χ1) is 17.4. The standard InChI is InChI=1S/C28H42N4O5/c1-17(2)16-37-25-22(15-29-32(25)8-7-27(4,5)31-26(35)36-6)24(34)30-23-20-9-19-10-21(23)14-28(12-19,13-20)11-18(3)33/h7-8,15,17,19-21,23H,9-14,16H2,1-6H3,(H,30,34)(H,31,35)/b8-7+. The highest BCUT2D eigenvalue weighted by atomic mass is 16.5. The summed E-state index contributed by atoms with van der Waals surface area (Å²) in [6, 6.07) is 0.115. The molecule has 4 aliphatic carbocycles. The fourth-order valence-corrected chi connectivity index (χ4v) is 7.02. The molecule has 4 aliphatic rings. The van der Waals surface area contributed by atoms with Crippen LogP contribution in [0.25, 0.3) is 6.20 Å². The number of nitrogens with zero attached hydrogens (tertiary/aromatic N) is 2. The van der Waals surface area contributed by atoms with E-state index in [1.54, 1.807) is 25.4 Å². The van der Waals surface area contributed by atoms with Gasteiger partial charge in [-0.2, -0.15) is 5.10 Å². The van der Waals surface area contributed by atoms with Crippen LogP contribution in [0.2, 0.25) is 0 Å². The van der Waals surface area contributed by atoms with Gasteiger partial charge in [0.15, 0.2) is 0 Å². The first kappa shape index (κ1) is 27.2. The van der Waals surface area contributed by atoms with Crippen LogP contribution in [0, 0.1) is 29.1 Å². The third-order valence-corrected chi connectivity index (χ3v) is 8.11. The zero-order chi connectivity index (χ0) is 27.0. The second kappa shape index (κ2) is 10.5. The van der Waals surface area contributed by atoms with Gasteiger partial charge < -0.3 is 24.9 Å². The van der Waals surface area contributed by atoms with Gasteiger partial charge in [-0.15, -0.1) is 0 Å². The number of hydrogen-bond acceptors (Lipinski definition) is 6. The topological polar surface area (TPSA) is 112 Å². The molecule has 9 heteroatoms. The number of ketones is 1. The molecule has 9 nitrogen and oxygen atoms in total. The van der Waals surface area contributed by atoms with Crippen LogP contribution in [0.15, 0.2) is 12.3 Å². The molecule has 1 aromatic rings. The number of nitrogens with one attached hydrogen (secondary N) is 2. The summed E-state index contributed by atoms with van der Waals surface area (Å²) in [5, 5.41) is 10.5. The van der Waals surface area contributed by atoms with Gasteiger partial charge in [-0.1, -0.05) is 13.8 Å². The van der Waals surface area contributed by atoms with Gasteiger partial charge in [0.1, 0.15) is 11.3 Å². The molecular formula is C28H42N4O5. The molecule has 4 saturated carbocycles. The summed E-state index contributed by atoms with van der Waals surface area (Å²) in [5.74, 6) is 2.24. The number of Topliss-reactive ketones (excluding diaryl/α,β-unsaturated/α-hetero) is 1. The lowest BCUT2D eigenvalue weighted by atomic mass is 9.47. The Kier molecular flexibility index (Phi) is 7.72. The van der Waals surface area contributed by atoms with Gasteiger partial charge in [0.2, 0.25) is 5.88 Å². The molecule has 37 heavy (non-hydrogen) atoms. The molecule has 2 atom stereocenters. The minimum absolute atomic E-state index is 0.115.